The first-order valence-corrected chi connectivity index (χ1v) is 5.80. The highest BCUT2D eigenvalue weighted by Gasteiger charge is 2.13. The number of rotatable bonds is 9. The highest BCUT2D eigenvalue weighted by Crippen LogP contribution is 2.11. The first-order chi connectivity index (χ1) is 7.11. The molecule has 0 aliphatic heterocycles. The fourth-order valence-corrected chi connectivity index (χ4v) is 1.06. The summed E-state index contributed by atoms with van der Waals surface area (Å²) in [5, 5.41) is 0. The zero-order chi connectivity index (χ0) is 11.7. The van der Waals surface area contributed by atoms with Crippen molar-refractivity contribution in [3.8, 4) is 0 Å². The summed E-state index contributed by atoms with van der Waals surface area (Å²) in [6.45, 7) is 11.3. The van der Waals surface area contributed by atoms with Crippen LogP contribution >= 0.6 is 0 Å². The zero-order valence-electron chi connectivity index (χ0n) is 10.8. The van der Waals surface area contributed by atoms with Crippen molar-refractivity contribution in [2.24, 2.45) is 11.8 Å². The monoisotopic (exact) mass is 218 g/mol. The molecule has 2 unspecified atom stereocenters. The van der Waals surface area contributed by atoms with E-state index in [0.717, 1.165) is 13.2 Å². The van der Waals surface area contributed by atoms with Gasteiger partial charge in [0, 0.05) is 20.3 Å². The van der Waals surface area contributed by atoms with Gasteiger partial charge in [0.1, 0.15) is 6.10 Å². The molecular weight excluding hydrogens is 192 g/mol. The van der Waals surface area contributed by atoms with Crippen LogP contribution in [0.5, 0.6) is 0 Å². The molecule has 0 radical (unpaired) electrons. The van der Waals surface area contributed by atoms with E-state index in [-0.39, 0.29) is 6.10 Å². The molecule has 92 valence electrons. The highest BCUT2D eigenvalue weighted by atomic mass is 16.6. The molecule has 0 saturated heterocycles. The molecule has 0 rings (SSSR count). The van der Waals surface area contributed by atoms with Crippen LogP contribution in [0.25, 0.3) is 0 Å². The number of ether oxygens (including phenoxy) is 3. The van der Waals surface area contributed by atoms with E-state index in [2.05, 4.69) is 20.8 Å². The Morgan fingerprint density at radius 3 is 2.13 bits per heavy atom. The van der Waals surface area contributed by atoms with Crippen LogP contribution in [0.1, 0.15) is 27.7 Å². The molecule has 0 aromatic rings. The van der Waals surface area contributed by atoms with Gasteiger partial charge in [-0.2, -0.15) is 0 Å². The summed E-state index contributed by atoms with van der Waals surface area (Å²) < 4.78 is 16.2. The van der Waals surface area contributed by atoms with Gasteiger partial charge in [-0.1, -0.05) is 20.8 Å². The lowest BCUT2D eigenvalue weighted by atomic mass is 9.99. The van der Waals surface area contributed by atoms with E-state index >= 15 is 0 Å². The van der Waals surface area contributed by atoms with Gasteiger partial charge >= 0.3 is 0 Å². The third kappa shape index (κ3) is 7.77. The maximum absolute atomic E-state index is 5.76. The number of methoxy groups -OCH3 is 1. The lowest BCUT2D eigenvalue weighted by molar-refractivity contribution is -0.0614. The van der Waals surface area contributed by atoms with Crippen molar-refractivity contribution in [2.45, 2.75) is 33.8 Å². The van der Waals surface area contributed by atoms with E-state index < -0.39 is 0 Å². The van der Waals surface area contributed by atoms with Gasteiger partial charge in [0.15, 0.2) is 0 Å². The second-order valence-electron chi connectivity index (χ2n) is 4.29. The summed E-state index contributed by atoms with van der Waals surface area (Å²) >= 11 is 0. The van der Waals surface area contributed by atoms with Gasteiger partial charge in [-0.25, -0.2) is 0 Å². The van der Waals surface area contributed by atoms with Crippen LogP contribution in [-0.2, 0) is 14.2 Å². The summed E-state index contributed by atoms with van der Waals surface area (Å²) in [4.78, 5) is 0. The quantitative estimate of drug-likeness (QED) is 0.594. The molecular formula is C12H26O3. The zero-order valence-corrected chi connectivity index (χ0v) is 10.8. The second kappa shape index (κ2) is 9.13. The lowest BCUT2D eigenvalue weighted by Gasteiger charge is -2.21. The summed E-state index contributed by atoms with van der Waals surface area (Å²) in [7, 11) is 1.69. The van der Waals surface area contributed by atoms with Crippen LogP contribution in [0.4, 0.5) is 0 Å². The third-order valence-electron chi connectivity index (χ3n) is 2.59. The summed E-state index contributed by atoms with van der Waals surface area (Å²) in [5.41, 5.74) is 0. The van der Waals surface area contributed by atoms with Gasteiger partial charge in [0.25, 0.3) is 0 Å². The van der Waals surface area contributed by atoms with Crippen LogP contribution in [-0.4, -0.2) is 39.6 Å². The number of hydrogen-bond donors (Lipinski definition) is 0. The lowest BCUT2D eigenvalue weighted by Crippen LogP contribution is -2.28. The van der Waals surface area contributed by atoms with Gasteiger partial charge in [0.05, 0.1) is 13.2 Å². The molecule has 0 aliphatic carbocycles. The van der Waals surface area contributed by atoms with Gasteiger partial charge in [-0.3, -0.25) is 0 Å². The third-order valence-corrected chi connectivity index (χ3v) is 2.59. The molecule has 0 spiro atoms. The molecule has 0 fully saturated rings. The van der Waals surface area contributed by atoms with E-state index in [0.29, 0.717) is 25.0 Å². The summed E-state index contributed by atoms with van der Waals surface area (Å²) in [6, 6.07) is 0. The predicted octanol–water partition coefficient (Wildman–Crippen LogP) is 2.35. The standard InChI is InChI=1S/C12H26O3/c1-6-14-9-12(8-13-5)15-7-11(4)10(2)3/h10-12H,6-9H2,1-5H3. The Hall–Kier alpha value is -0.120. The Morgan fingerprint density at radius 2 is 1.67 bits per heavy atom. The molecule has 0 aliphatic rings. The Morgan fingerprint density at radius 1 is 1.00 bits per heavy atom. The van der Waals surface area contributed by atoms with Crippen molar-refractivity contribution < 1.29 is 14.2 Å². The average molecular weight is 218 g/mol. The Bertz CT molecular complexity index is 137. The molecule has 0 bridgehead atoms. The molecule has 15 heavy (non-hydrogen) atoms. The maximum Gasteiger partial charge on any atom is 0.104 e. The van der Waals surface area contributed by atoms with Crippen LogP contribution < -0.4 is 0 Å². The average Bonchev–Trinajstić information content (AvgIpc) is 2.21. The molecule has 0 saturated carbocycles. The molecule has 0 amide bonds. The Balaban J connectivity index is 3.73. The Kier molecular flexibility index (Phi) is 9.06. The maximum atomic E-state index is 5.76. The minimum absolute atomic E-state index is 0.0659. The predicted molar refractivity (Wildman–Crippen MR) is 62.1 cm³/mol. The van der Waals surface area contributed by atoms with Crippen LogP contribution in [0.2, 0.25) is 0 Å². The first-order valence-electron chi connectivity index (χ1n) is 5.80. The summed E-state index contributed by atoms with van der Waals surface area (Å²) in [5.74, 6) is 1.23. The van der Waals surface area contributed by atoms with E-state index in [1.165, 1.54) is 0 Å². The van der Waals surface area contributed by atoms with Crippen LogP contribution in [0, 0.1) is 11.8 Å². The van der Waals surface area contributed by atoms with Gasteiger partial charge < -0.3 is 14.2 Å². The molecule has 0 N–H and O–H groups in total. The van der Waals surface area contributed by atoms with Gasteiger partial charge in [-0.15, -0.1) is 0 Å². The molecule has 0 aromatic heterocycles. The van der Waals surface area contributed by atoms with Gasteiger partial charge in [0.2, 0.25) is 0 Å². The second-order valence-corrected chi connectivity index (χ2v) is 4.29. The van der Waals surface area contributed by atoms with E-state index in [1.54, 1.807) is 7.11 Å². The minimum atomic E-state index is 0.0659. The minimum Gasteiger partial charge on any atom is -0.382 e. The van der Waals surface area contributed by atoms with Crippen LogP contribution in [0.3, 0.4) is 0 Å². The first kappa shape index (κ1) is 14.9. The normalized spacial score (nSPS) is 15.6. The van der Waals surface area contributed by atoms with E-state index in [9.17, 15) is 0 Å². The molecule has 2 atom stereocenters. The van der Waals surface area contributed by atoms with Crippen molar-refractivity contribution in [1.82, 2.24) is 0 Å². The van der Waals surface area contributed by atoms with Gasteiger partial charge in [-0.05, 0) is 18.8 Å². The van der Waals surface area contributed by atoms with Crippen molar-refractivity contribution in [1.29, 1.82) is 0 Å². The van der Waals surface area contributed by atoms with Crippen LogP contribution in [0.15, 0.2) is 0 Å². The molecule has 3 nitrogen and oxygen atoms in total. The van der Waals surface area contributed by atoms with Crippen molar-refractivity contribution in [2.75, 3.05) is 33.5 Å². The largest absolute Gasteiger partial charge is 0.382 e. The molecule has 0 heterocycles. The summed E-state index contributed by atoms with van der Waals surface area (Å²) in [6.07, 6.45) is 0.0659. The van der Waals surface area contributed by atoms with Crippen molar-refractivity contribution in [3.05, 3.63) is 0 Å². The Labute approximate surface area is 94.1 Å². The fourth-order valence-electron chi connectivity index (χ4n) is 1.06. The smallest absolute Gasteiger partial charge is 0.104 e. The highest BCUT2D eigenvalue weighted by molar-refractivity contribution is 4.60. The van der Waals surface area contributed by atoms with Crippen molar-refractivity contribution in [3.63, 3.8) is 0 Å². The fraction of sp³-hybridized carbons (Fsp3) is 1.00. The molecule has 0 aromatic carbocycles. The van der Waals surface area contributed by atoms with Crippen molar-refractivity contribution >= 4 is 0 Å². The SMILES string of the molecule is CCOCC(COC)OCC(C)C(C)C. The number of hydrogen-bond acceptors (Lipinski definition) is 3. The van der Waals surface area contributed by atoms with E-state index in [1.807, 2.05) is 6.92 Å². The molecule has 3 heteroatoms. The van der Waals surface area contributed by atoms with E-state index in [4.69, 9.17) is 14.2 Å². The topological polar surface area (TPSA) is 27.7 Å².